The molecule has 0 bridgehead atoms. The van der Waals surface area contributed by atoms with Crippen LogP contribution in [0, 0.1) is 5.82 Å². The number of ether oxygens (including phenoxy) is 1. The molecule has 92 valence electrons. The van der Waals surface area contributed by atoms with Gasteiger partial charge in [0.15, 0.2) is 0 Å². The second-order valence-corrected chi connectivity index (χ2v) is 4.75. The first-order valence-electron chi connectivity index (χ1n) is 4.98. The second-order valence-electron chi connectivity index (χ2n) is 3.49. The van der Waals surface area contributed by atoms with Crippen molar-refractivity contribution in [2.75, 3.05) is 0 Å². The van der Waals surface area contributed by atoms with Gasteiger partial charge in [0, 0.05) is 5.56 Å². The fourth-order valence-electron chi connectivity index (χ4n) is 1.34. The zero-order chi connectivity index (χ0) is 13.1. The fraction of sp³-hybridized carbons (Fsp3) is 0. The Balaban J connectivity index is 2.28. The Morgan fingerprint density at radius 2 is 2.00 bits per heavy atom. The maximum Gasteiger partial charge on any atom is 0.150 e. The van der Waals surface area contributed by atoms with Gasteiger partial charge in [0.2, 0.25) is 0 Å². The second kappa shape index (κ2) is 5.50. The highest BCUT2D eigenvalue weighted by Crippen LogP contribution is 2.31. The molecule has 0 saturated heterocycles. The van der Waals surface area contributed by atoms with Crippen molar-refractivity contribution in [1.29, 1.82) is 0 Å². The van der Waals surface area contributed by atoms with Crippen molar-refractivity contribution < 1.29 is 13.9 Å². The molecule has 2 nitrogen and oxygen atoms in total. The number of carbonyl (C=O) groups excluding carboxylic acids is 1. The van der Waals surface area contributed by atoms with Gasteiger partial charge in [-0.05, 0) is 52.3 Å². The molecule has 0 N–H and O–H groups in total. The van der Waals surface area contributed by atoms with Crippen LogP contribution in [-0.4, -0.2) is 6.29 Å². The predicted octanol–water partition coefficient (Wildman–Crippen LogP) is 4.85. The molecule has 0 radical (unpaired) electrons. The lowest BCUT2D eigenvalue weighted by Crippen LogP contribution is -1.88. The van der Waals surface area contributed by atoms with Crippen molar-refractivity contribution in [1.82, 2.24) is 0 Å². The van der Waals surface area contributed by atoms with E-state index in [-0.39, 0.29) is 5.82 Å². The Kier molecular flexibility index (Phi) is 3.99. The summed E-state index contributed by atoms with van der Waals surface area (Å²) in [5.41, 5.74) is 0.465. The lowest BCUT2D eigenvalue weighted by molar-refractivity contribution is 0.112. The predicted molar refractivity (Wildman–Crippen MR) is 71.0 cm³/mol. The zero-order valence-electron chi connectivity index (χ0n) is 8.99. The third-order valence-corrected chi connectivity index (χ3v) is 3.11. The van der Waals surface area contributed by atoms with E-state index in [4.69, 9.17) is 16.3 Å². The summed E-state index contributed by atoms with van der Waals surface area (Å²) in [6.07, 6.45) is 0.699. The number of benzene rings is 2. The highest BCUT2D eigenvalue weighted by molar-refractivity contribution is 9.10. The van der Waals surface area contributed by atoms with Crippen LogP contribution in [0.3, 0.4) is 0 Å². The first-order valence-corrected chi connectivity index (χ1v) is 6.15. The van der Waals surface area contributed by atoms with E-state index in [1.807, 2.05) is 0 Å². The number of halogens is 3. The molecular weight excluding hydrogens is 322 g/mol. The molecule has 2 aromatic rings. The Labute approximate surface area is 116 Å². The Morgan fingerprint density at radius 3 is 2.61 bits per heavy atom. The monoisotopic (exact) mass is 328 g/mol. The van der Waals surface area contributed by atoms with Crippen molar-refractivity contribution in [2.24, 2.45) is 0 Å². The summed E-state index contributed by atoms with van der Waals surface area (Å²) >= 11 is 9.03. The van der Waals surface area contributed by atoms with E-state index in [9.17, 15) is 9.18 Å². The first kappa shape index (κ1) is 13.1. The maximum atomic E-state index is 13.0. The van der Waals surface area contributed by atoms with Gasteiger partial charge in [-0.25, -0.2) is 4.39 Å². The van der Waals surface area contributed by atoms with Gasteiger partial charge in [-0.3, -0.25) is 4.79 Å². The molecular formula is C13H7BrClFO2. The standard InChI is InChI=1S/C13H7BrClFO2/c14-10-6-9(2-3-12(10)16)18-13-4-1-8(7-17)5-11(13)15/h1-7H. The Morgan fingerprint density at radius 1 is 1.22 bits per heavy atom. The summed E-state index contributed by atoms with van der Waals surface area (Å²) in [5, 5.41) is 0.319. The number of aldehydes is 1. The highest BCUT2D eigenvalue weighted by atomic mass is 79.9. The normalized spacial score (nSPS) is 10.2. The molecule has 2 aromatic carbocycles. The molecule has 0 amide bonds. The SMILES string of the molecule is O=Cc1ccc(Oc2ccc(F)c(Br)c2)c(Cl)c1. The van der Waals surface area contributed by atoms with Gasteiger partial charge in [0.05, 0.1) is 9.50 Å². The number of rotatable bonds is 3. The van der Waals surface area contributed by atoms with E-state index >= 15 is 0 Å². The summed E-state index contributed by atoms with van der Waals surface area (Å²) in [5.74, 6) is 0.481. The lowest BCUT2D eigenvalue weighted by atomic mass is 10.2. The van der Waals surface area contributed by atoms with E-state index in [0.29, 0.717) is 32.8 Å². The molecule has 0 aliphatic heterocycles. The molecule has 0 aliphatic rings. The Hall–Kier alpha value is -1.39. The van der Waals surface area contributed by atoms with E-state index in [1.165, 1.54) is 24.3 Å². The highest BCUT2D eigenvalue weighted by Gasteiger charge is 2.06. The quantitative estimate of drug-likeness (QED) is 0.753. The van der Waals surface area contributed by atoms with Crippen molar-refractivity contribution in [3.8, 4) is 11.5 Å². The van der Waals surface area contributed by atoms with Crippen LogP contribution in [0.2, 0.25) is 5.02 Å². The van der Waals surface area contributed by atoms with Crippen LogP contribution in [0.1, 0.15) is 10.4 Å². The molecule has 0 saturated carbocycles. The van der Waals surface area contributed by atoms with Gasteiger partial charge in [0.1, 0.15) is 23.6 Å². The van der Waals surface area contributed by atoms with Crippen LogP contribution in [0.25, 0.3) is 0 Å². The van der Waals surface area contributed by atoms with Gasteiger partial charge in [-0.1, -0.05) is 11.6 Å². The summed E-state index contributed by atoms with van der Waals surface area (Å²) in [7, 11) is 0. The minimum atomic E-state index is -0.371. The third-order valence-electron chi connectivity index (χ3n) is 2.21. The average Bonchev–Trinajstić information content (AvgIpc) is 2.36. The van der Waals surface area contributed by atoms with Crippen molar-refractivity contribution >= 4 is 33.8 Å². The van der Waals surface area contributed by atoms with Crippen LogP contribution in [0.4, 0.5) is 4.39 Å². The molecule has 2 rings (SSSR count). The van der Waals surface area contributed by atoms with Crippen LogP contribution in [0.15, 0.2) is 40.9 Å². The maximum absolute atomic E-state index is 13.0. The summed E-state index contributed by atoms with van der Waals surface area (Å²) in [6, 6.07) is 8.95. The van der Waals surface area contributed by atoms with Crippen LogP contribution < -0.4 is 4.74 Å². The largest absolute Gasteiger partial charge is 0.456 e. The smallest absolute Gasteiger partial charge is 0.150 e. The minimum Gasteiger partial charge on any atom is -0.456 e. The van der Waals surface area contributed by atoms with Crippen LogP contribution in [-0.2, 0) is 0 Å². The number of carbonyl (C=O) groups is 1. The molecule has 0 aromatic heterocycles. The van der Waals surface area contributed by atoms with Gasteiger partial charge < -0.3 is 4.74 Å². The van der Waals surface area contributed by atoms with Gasteiger partial charge in [0.25, 0.3) is 0 Å². The van der Waals surface area contributed by atoms with Gasteiger partial charge >= 0.3 is 0 Å². The van der Waals surface area contributed by atoms with E-state index in [0.717, 1.165) is 0 Å². The average molecular weight is 330 g/mol. The Bertz CT molecular complexity index is 602. The first-order chi connectivity index (χ1) is 8.60. The van der Waals surface area contributed by atoms with E-state index < -0.39 is 0 Å². The van der Waals surface area contributed by atoms with Gasteiger partial charge in [-0.2, -0.15) is 0 Å². The molecule has 18 heavy (non-hydrogen) atoms. The van der Waals surface area contributed by atoms with Crippen LogP contribution >= 0.6 is 27.5 Å². The molecule has 5 heteroatoms. The fourth-order valence-corrected chi connectivity index (χ4v) is 1.93. The topological polar surface area (TPSA) is 26.3 Å². The summed E-state index contributed by atoms with van der Waals surface area (Å²) in [6.45, 7) is 0. The molecule has 0 fully saturated rings. The van der Waals surface area contributed by atoms with Crippen molar-refractivity contribution in [3.05, 3.63) is 57.3 Å². The molecule has 0 aliphatic carbocycles. The summed E-state index contributed by atoms with van der Waals surface area (Å²) < 4.78 is 18.9. The van der Waals surface area contributed by atoms with E-state index in [2.05, 4.69) is 15.9 Å². The summed E-state index contributed by atoms with van der Waals surface area (Å²) in [4.78, 5) is 10.6. The lowest BCUT2D eigenvalue weighted by Gasteiger charge is -2.08. The third kappa shape index (κ3) is 2.89. The zero-order valence-corrected chi connectivity index (χ0v) is 11.3. The van der Waals surface area contributed by atoms with E-state index in [1.54, 1.807) is 12.1 Å². The number of hydrogen-bond donors (Lipinski definition) is 0. The van der Waals surface area contributed by atoms with Crippen molar-refractivity contribution in [2.45, 2.75) is 0 Å². The van der Waals surface area contributed by atoms with Gasteiger partial charge in [-0.15, -0.1) is 0 Å². The van der Waals surface area contributed by atoms with Crippen LogP contribution in [0.5, 0.6) is 11.5 Å². The number of hydrogen-bond acceptors (Lipinski definition) is 2. The minimum absolute atomic E-state index is 0.306. The molecule has 0 heterocycles. The molecule has 0 atom stereocenters. The molecule has 0 spiro atoms. The molecule has 0 unspecified atom stereocenters. The van der Waals surface area contributed by atoms with Crippen molar-refractivity contribution in [3.63, 3.8) is 0 Å².